The number of anilines is 1. The minimum Gasteiger partial charge on any atom is -0.496 e. The summed E-state index contributed by atoms with van der Waals surface area (Å²) >= 11 is 0. The lowest BCUT2D eigenvalue weighted by Crippen LogP contribution is -2.37. The number of aliphatic hydroxyl groups is 1. The third kappa shape index (κ3) is 5.35. The van der Waals surface area contributed by atoms with E-state index in [2.05, 4.69) is 28.3 Å². The quantitative estimate of drug-likeness (QED) is 0.307. The van der Waals surface area contributed by atoms with Gasteiger partial charge in [0, 0.05) is 48.0 Å². The van der Waals surface area contributed by atoms with Gasteiger partial charge in [0.1, 0.15) is 17.2 Å². The van der Waals surface area contributed by atoms with Crippen molar-refractivity contribution in [2.45, 2.75) is 31.7 Å². The lowest BCUT2D eigenvalue weighted by molar-refractivity contribution is -0.125. The highest BCUT2D eigenvalue weighted by Crippen LogP contribution is 2.37. The van der Waals surface area contributed by atoms with E-state index >= 15 is 0 Å². The van der Waals surface area contributed by atoms with Crippen molar-refractivity contribution < 1.29 is 19.4 Å². The van der Waals surface area contributed by atoms with Gasteiger partial charge in [0.15, 0.2) is 6.35 Å². The second kappa shape index (κ2) is 10.4. The summed E-state index contributed by atoms with van der Waals surface area (Å²) in [6.07, 6.45) is 7.26. The van der Waals surface area contributed by atoms with Crippen LogP contribution < -0.4 is 20.1 Å². The van der Waals surface area contributed by atoms with E-state index in [1.807, 2.05) is 42.5 Å². The number of hydrogen-bond acceptors (Lipinski definition) is 7. The highest BCUT2D eigenvalue weighted by molar-refractivity contribution is 5.92. The molecule has 1 aromatic heterocycles. The summed E-state index contributed by atoms with van der Waals surface area (Å²) in [6, 6.07) is 13.7. The molecule has 5 rings (SSSR count). The largest absolute Gasteiger partial charge is 0.496 e. The predicted octanol–water partition coefficient (Wildman–Crippen LogP) is 4.28. The number of ether oxygens (including phenoxy) is 2. The number of nitrogens with one attached hydrogen (secondary N) is 2. The SMILES string of the molecule is C=CC(=O)N1CC=C(c2cc3c(Oc4ccc(NC(O)NC5CC5)cc4)ccnc3cc2OC)CC1. The topological polar surface area (TPSA) is 96.0 Å². The van der Waals surface area contributed by atoms with Crippen molar-refractivity contribution in [1.29, 1.82) is 0 Å². The fourth-order valence-electron chi connectivity index (χ4n) is 4.32. The maximum Gasteiger partial charge on any atom is 0.246 e. The Morgan fingerprint density at radius 2 is 2.03 bits per heavy atom. The van der Waals surface area contributed by atoms with Crippen LogP contribution in [0.5, 0.6) is 17.2 Å². The van der Waals surface area contributed by atoms with Gasteiger partial charge in [-0.1, -0.05) is 12.7 Å². The Hall–Kier alpha value is -3.88. The Balaban J connectivity index is 1.38. The van der Waals surface area contributed by atoms with Gasteiger partial charge in [-0.2, -0.15) is 0 Å². The molecule has 36 heavy (non-hydrogen) atoms. The van der Waals surface area contributed by atoms with Gasteiger partial charge in [-0.15, -0.1) is 0 Å². The Bertz CT molecular complexity index is 1300. The summed E-state index contributed by atoms with van der Waals surface area (Å²) in [6.45, 7) is 4.73. The molecular weight excluding hydrogens is 456 g/mol. The average Bonchev–Trinajstić information content (AvgIpc) is 3.72. The second-order valence-corrected chi connectivity index (χ2v) is 8.96. The van der Waals surface area contributed by atoms with Gasteiger partial charge in [0.05, 0.1) is 12.6 Å². The van der Waals surface area contributed by atoms with E-state index < -0.39 is 6.35 Å². The van der Waals surface area contributed by atoms with Gasteiger partial charge >= 0.3 is 0 Å². The van der Waals surface area contributed by atoms with Gasteiger partial charge < -0.3 is 24.8 Å². The van der Waals surface area contributed by atoms with Crippen molar-refractivity contribution >= 4 is 28.1 Å². The van der Waals surface area contributed by atoms with E-state index in [1.165, 1.54) is 6.08 Å². The number of rotatable bonds is 9. The van der Waals surface area contributed by atoms with Crippen molar-refractivity contribution in [3.8, 4) is 17.2 Å². The number of aromatic nitrogens is 1. The molecule has 1 aliphatic heterocycles. The Kier molecular flexibility index (Phi) is 6.88. The van der Waals surface area contributed by atoms with Crippen LogP contribution in [0.3, 0.4) is 0 Å². The van der Waals surface area contributed by atoms with E-state index in [0.29, 0.717) is 37.1 Å². The van der Waals surface area contributed by atoms with Crippen LogP contribution >= 0.6 is 0 Å². The molecule has 2 heterocycles. The van der Waals surface area contributed by atoms with Crippen LogP contribution in [-0.2, 0) is 4.79 Å². The number of carbonyl (C=O) groups is 1. The molecule has 1 aliphatic carbocycles. The minimum absolute atomic E-state index is 0.0643. The number of pyridine rings is 1. The number of carbonyl (C=O) groups excluding carboxylic acids is 1. The summed E-state index contributed by atoms with van der Waals surface area (Å²) in [5.74, 6) is 2.02. The number of nitrogens with zero attached hydrogens (tertiary/aromatic N) is 2. The molecule has 0 saturated heterocycles. The average molecular weight is 487 g/mol. The molecule has 0 spiro atoms. The first-order valence-corrected chi connectivity index (χ1v) is 12.1. The number of benzene rings is 2. The van der Waals surface area contributed by atoms with Gasteiger partial charge in [-0.3, -0.25) is 15.1 Å². The molecule has 1 unspecified atom stereocenters. The van der Waals surface area contributed by atoms with E-state index in [9.17, 15) is 9.90 Å². The molecule has 186 valence electrons. The number of aliphatic hydroxyl groups excluding tert-OH is 1. The first kappa shape index (κ1) is 23.8. The van der Waals surface area contributed by atoms with Crippen LogP contribution in [0.2, 0.25) is 0 Å². The first-order valence-electron chi connectivity index (χ1n) is 12.1. The van der Waals surface area contributed by atoms with Crippen LogP contribution in [0.1, 0.15) is 24.8 Å². The third-order valence-electron chi connectivity index (χ3n) is 6.42. The zero-order chi connectivity index (χ0) is 25.1. The van der Waals surface area contributed by atoms with Crippen molar-refractivity contribution in [2.24, 2.45) is 0 Å². The number of fused-ring (bicyclic) bond motifs is 1. The maximum absolute atomic E-state index is 12.0. The van der Waals surface area contributed by atoms with E-state index in [-0.39, 0.29) is 5.91 Å². The van der Waals surface area contributed by atoms with Crippen molar-refractivity contribution in [3.63, 3.8) is 0 Å². The summed E-state index contributed by atoms with van der Waals surface area (Å²) in [4.78, 5) is 18.2. The summed E-state index contributed by atoms with van der Waals surface area (Å²) in [7, 11) is 1.65. The van der Waals surface area contributed by atoms with Gasteiger partial charge in [-0.25, -0.2) is 0 Å². The standard InChI is InChI=1S/C28H30N4O4/c1-3-27(33)32-14-11-18(12-15-32)22-16-23-24(17-26(22)35-2)29-13-10-25(23)36-21-8-6-20(7-9-21)31-28(34)30-19-4-5-19/h3,6-11,13,16-17,19,28,30-31,34H,1,4-5,12,14-15H2,2H3. The fourth-order valence-corrected chi connectivity index (χ4v) is 4.32. The highest BCUT2D eigenvalue weighted by Gasteiger charge is 2.23. The van der Waals surface area contributed by atoms with Crippen LogP contribution in [0.15, 0.2) is 67.4 Å². The third-order valence-corrected chi connectivity index (χ3v) is 6.42. The summed E-state index contributed by atoms with van der Waals surface area (Å²) < 4.78 is 11.9. The molecular formula is C28H30N4O4. The van der Waals surface area contributed by atoms with E-state index in [0.717, 1.165) is 46.3 Å². The maximum atomic E-state index is 12.0. The lowest BCUT2D eigenvalue weighted by atomic mass is 9.96. The molecule has 1 amide bonds. The van der Waals surface area contributed by atoms with Crippen molar-refractivity contribution in [2.75, 3.05) is 25.5 Å². The number of methoxy groups -OCH3 is 1. The van der Waals surface area contributed by atoms with E-state index in [1.54, 1.807) is 18.2 Å². The molecule has 0 radical (unpaired) electrons. The number of amides is 1. The molecule has 3 N–H and O–H groups in total. The molecule has 1 atom stereocenters. The summed E-state index contributed by atoms with van der Waals surface area (Å²) in [5.41, 5.74) is 3.64. The predicted molar refractivity (Wildman–Crippen MR) is 140 cm³/mol. The van der Waals surface area contributed by atoms with Crippen LogP contribution in [0, 0.1) is 0 Å². The van der Waals surface area contributed by atoms with Crippen LogP contribution in [0.25, 0.3) is 16.5 Å². The van der Waals surface area contributed by atoms with E-state index in [4.69, 9.17) is 9.47 Å². The Morgan fingerprint density at radius 3 is 2.69 bits per heavy atom. The fraction of sp³-hybridized carbons (Fsp3) is 0.286. The molecule has 2 aliphatic rings. The molecule has 3 aromatic rings. The first-order chi connectivity index (χ1) is 17.5. The summed E-state index contributed by atoms with van der Waals surface area (Å²) in [5, 5.41) is 17.1. The minimum atomic E-state index is -0.780. The Labute approximate surface area is 210 Å². The van der Waals surface area contributed by atoms with Crippen LogP contribution in [-0.4, -0.2) is 53.5 Å². The molecule has 8 heteroatoms. The molecule has 2 aromatic carbocycles. The molecule has 0 bridgehead atoms. The monoisotopic (exact) mass is 486 g/mol. The van der Waals surface area contributed by atoms with Crippen molar-refractivity contribution in [1.82, 2.24) is 15.2 Å². The zero-order valence-electron chi connectivity index (χ0n) is 20.2. The molecule has 8 nitrogen and oxygen atoms in total. The smallest absolute Gasteiger partial charge is 0.246 e. The van der Waals surface area contributed by atoms with Gasteiger partial charge in [0.2, 0.25) is 5.91 Å². The normalized spacial score (nSPS) is 16.3. The molecule has 1 fully saturated rings. The zero-order valence-corrected chi connectivity index (χ0v) is 20.2. The van der Waals surface area contributed by atoms with Crippen molar-refractivity contribution in [3.05, 3.63) is 73.0 Å². The second-order valence-electron chi connectivity index (χ2n) is 8.96. The Morgan fingerprint density at radius 1 is 1.22 bits per heavy atom. The number of hydrogen-bond donors (Lipinski definition) is 3. The lowest BCUT2D eigenvalue weighted by Gasteiger charge is -2.26. The van der Waals surface area contributed by atoms with Gasteiger partial charge in [0.25, 0.3) is 0 Å². The highest BCUT2D eigenvalue weighted by atomic mass is 16.5. The molecule has 1 saturated carbocycles. The van der Waals surface area contributed by atoms with Crippen LogP contribution in [0.4, 0.5) is 5.69 Å². The van der Waals surface area contributed by atoms with Gasteiger partial charge in [-0.05, 0) is 67.3 Å².